The third-order valence-electron chi connectivity index (χ3n) is 2.68. The van der Waals surface area contributed by atoms with Crippen molar-refractivity contribution in [3.8, 4) is 0 Å². The molecule has 1 aromatic rings. The van der Waals surface area contributed by atoms with E-state index in [0.29, 0.717) is 0 Å². The number of nitrogens with one attached hydrogen (secondary N) is 2. The summed E-state index contributed by atoms with van der Waals surface area (Å²) in [6.07, 6.45) is -0.261. The van der Waals surface area contributed by atoms with Crippen molar-refractivity contribution in [1.82, 2.24) is 10.8 Å². The number of rotatable bonds is 10. The fourth-order valence-corrected chi connectivity index (χ4v) is 1.60. The number of aliphatic carboxylic acids is 2. The molecule has 0 radical (unpaired) electrons. The maximum Gasteiger partial charge on any atom is 0.322 e. The number of carboxylic acids is 2. The Bertz CT molecular complexity index is 505. The zero-order chi connectivity index (χ0) is 16.4. The summed E-state index contributed by atoms with van der Waals surface area (Å²) >= 11 is 0. The molecule has 8 heteroatoms. The van der Waals surface area contributed by atoms with Crippen LogP contribution >= 0.6 is 0 Å². The topological polar surface area (TPSA) is 125 Å². The molecule has 0 heterocycles. The Morgan fingerprint density at radius 1 is 1.09 bits per heavy atom. The summed E-state index contributed by atoms with van der Waals surface area (Å²) in [6, 6.07) is 8.24. The quantitative estimate of drug-likeness (QED) is 0.453. The molecule has 0 aromatic heterocycles. The first-order valence-corrected chi connectivity index (χ1v) is 6.61. The van der Waals surface area contributed by atoms with Crippen LogP contribution in [0, 0.1) is 0 Å². The van der Waals surface area contributed by atoms with E-state index in [1.807, 2.05) is 30.3 Å². The molecule has 1 unspecified atom stereocenters. The molecule has 120 valence electrons. The predicted octanol–water partition coefficient (Wildman–Crippen LogP) is 0.142. The number of carbonyl (C=O) groups is 3. The molecule has 1 amide bonds. The first-order valence-electron chi connectivity index (χ1n) is 6.61. The van der Waals surface area contributed by atoms with Gasteiger partial charge in [0.1, 0.15) is 12.6 Å². The Morgan fingerprint density at radius 2 is 1.77 bits per heavy atom. The Balaban J connectivity index is 2.47. The second kappa shape index (κ2) is 9.48. The lowest BCUT2D eigenvalue weighted by Gasteiger charge is -2.17. The van der Waals surface area contributed by atoms with Gasteiger partial charge < -0.3 is 15.5 Å². The van der Waals surface area contributed by atoms with Crippen LogP contribution in [0.1, 0.15) is 18.4 Å². The Morgan fingerprint density at radius 3 is 2.36 bits per heavy atom. The van der Waals surface area contributed by atoms with Crippen LogP contribution in [0.3, 0.4) is 0 Å². The molecule has 1 atom stereocenters. The molecule has 0 aliphatic rings. The molecule has 8 nitrogen and oxygen atoms in total. The van der Waals surface area contributed by atoms with Crippen LogP contribution in [0.15, 0.2) is 30.3 Å². The summed E-state index contributed by atoms with van der Waals surface area (Å²) < 4.78 is 0. The largest absolute Gasteiger partial charge is 0.481 e. The van der Waals surface area contributed by atoms with Crippen molar-refractivity contribution in [2.24, 2.45) is 0 Å². The van der Waals surface area contributed by atoms with Gasteiger partial charge in [-0.3, -0.25) is 19.2 Å². The van der Waals surface area contributed by atoms with Crippen LogP contribution in [-0.2, 0) is 25.8 Å². The lowest BCUT2D eigenvalue weighted by Crippen LogP contribution is -2.45. The second-order valence-corrected chi connectivity index (χ2v) is 4.49. The smallest absolute Gasteiger partial charge is 0.322 e. The molecule has 1 rings (SSSR count). The fourth-order valence-electron chi connectivity index (χ4n) is 1.60. The van der Waals surface area contributed by atoms with Gasteiger partial charge in [0.25, 0.3) is 0 Å². The average Bonchev–Trinajstić information content (AvgIpc) is 2.49. The molecule has 22 heavy (non-hydrogen) atoms. The van der Waals surface area contributed by atoms with Crippen molar-refractivity contribution in [1.29, 1.82) is 0 Å². The van der Waals surface area contributed by atoms with E-state index in [2.05, 4.69) is 10.8 Å². The highest BCUT2D eigenvalue weighted by atomic mass is 16.6. The van der Waals surface area contributed by atoms with Gasteiger partial charge in [-0.05, 0) is 12.0 Å². The number of carboxylic acid groups (broad SMARTS) is 2. The van der Waals surface area contributed by atoms with Gasteiger partial charge in [-0.1, -0.05) is 30.3 Å². The fraction of sp³-hybridized carbons (Fsp3) is 0.357. The van der Waals surface area contributed by atoms with Gasteiger partial charge in [0.15, 0.2) is 0 Å². The highest BCUT2D eigenvalue weighted by molar-refractivity contribution is 5.85. The minimum Gasteiger partial charge on any atom is -0.481 e. The molecular formula is C14H18N2O6. The summed E-state index contributed by atoms with van der Waals surface area (Å²) in [5, 5.41) is 19.4. The van der Waals surface area contributed by atoms with Crippen LogP contribution in [0.25, 0.3) is 0 Å². The molecule has 0 aliphatic carbocycles. The lowest BCUT2D eigenvalue weighted by atomic mass is 10.1. The normalized spacial score (nSPS) is 11.6. The van der Waals surface area contributed by atoms with Gasteiger partial charge in [-0.15, -0.1) is 0 Å². The number of amides is 1. The first kappa shape index (κ1) is 17.6. The van der Waals surface area contributed by atoms with Crippen molar-refractivity contribution in [2.75, 3.05) is 6.54 Å². The molecular weight excluding hydrogens is 292 g/mol. The van der Waals surface area contributed by atoms with Crippen molar-refractivity contribution in [3.05, 3.63) is 35.9 Å². The maximum atomic E-state index is 11.8. The van der Waals surface area contributed by atoms with Gasteiger partial charge in [0.2, 0.25) is 5.91 Å². The Hall–Kier alpha value is -2.45. The summed E-state index contributed by atoms with van der Waals surface area (Å²) in [5.41, 5.74) is 3.35. The minimum absolute atomic E-state index is 0.0183. The number of hydroxylamine groups is 1. The summed E-state index contributed by atoms with van der Waals surface area (Å²) in [6.45, 7) is -0.348. The predicted molar refractivity (Wildman–Crippen MR) is 75.7 cm³/mol. The SMILES string of the molecule is O=C(O)CCC(NOCc1ccccc1)C(=O)NCC(=O)O. The molecule has 0 fully saturated rings. The summed E-state index contributed by atoms with van der Waals surface area (Å²) in [7, 11) is 0. The standard InChI is InChI=1S/C14H18N2O6/c17-12(18)7-6-11(14(21)15-8-13(19)20)16-22-9-10-4-2-1-3-5-10/h1-5,11,16H,6-9H2,(H,15,21)(H,17,18)(H,19,20). The summed E-state index contributed by atoms with van der Waals surface area (Å²) in [4.78, 5) is 38.0. The van der Waals surface area contributed by atoms with E-state index < -0.39 is 30.4 Å². The molecule has 0 saturated carbocycles. The molecule has 0 spiro atoms. The zero-order valence-corrected chi connectivity index (χ0v) is 11.8. The molecule has 0 saturated heterocycles. The Kier molecular flexibility index (Phi) is 7.58. The van der Waals surface area contributed by atoms with E-state index >= 15 is 0 Å². The number of hydrogen-bond donors (Lipinski definition) is 4. The monoisotopic (exact) mass is 310 g/mol. The summed E-state index contributed by atoms with van der Waals surface area (Å²) in [5.74, 6) is -2.87. The third-order valence-corrected chi connectivity index (χ3v) is 2.68. The molecule has 0 aliphatic heterocycles. The van der Waals surface area contributed by atoms with Crippen LogP contribution in [0.2, 0.25) is 0 Å². The van der Waals surface area contributed by atoms with Crippen molar-refractivity contribution in [2.45, 2.75) is 25.5 Å². The van der Waals surface area contributed by atoms with Gasteiger partial charge in [0, 0.05) is 6.42 Å². The van der Waals surface area contributed by atoms with Crippen molar-refractivity contribution >= 4 is 17.8 Å². The highest BCUT2D eigenvalue weighted by Crippen LogP contribution is 2.02. The van der Waals surface area contributed by atoms with Crippen LogP contribution in [-0.4, -0.2) is 40.6 Å². The van der Waals surface area contributed by atoms with Crippen LogP contribution < -0.4 is 10.8 Å². The first-order chi connectivity index (χ1) is 10.5. The number of benzene rings is 1. The van der Waals surface area contributed by atoms with Gasteiger partial charge >= 0.3 is 11.9 Å². The van der Waals surface area contributed by atoms with Gasteiger partial charge in [-0.25, -0.2) is 0 Å². The van der Waals surface area contributed by atoms with E-state index in [-0.39, 0.29) is 19.4 Å². The number of hydrogen-bond acceptors (Lipinski definition) is 5. The van der Waals surface area contributed by atoms with Crippen LogP contribution in [0.5, 0.6) is 0 Å². The average molecular weight is 310 g/mol. The minimum atomic E-state index is -1.18. The second-order valence-electron chi connectivity index (χ2n) is 4.49. The number of carbonyl (C=O) groups excluding carboxylic acids is 1. The Labute approximate surface area is 127 Å². The zero-order valence-electron chi connectivity index (χ0n) is 11.8. The molecule has 1 aromatic carbocycles. The van der Waals surface area contributed by atoms with Crippen LogP contribution in [0.4, 0.5) is 0 Å². The van der Waals surface area contributed by atoms with E-state index in [0.717, 1.165) is 5.56 Å². The van der Waals surface area contributed by atoms with E-state index in [1.165, 1.54) is 0 Å². The molecule has 4 N–H and O–H groups in total. The molecule has 0 bridgehead atoms. The van der Waals surface area contributed by atoms with Gasteiger partial charge in [0.05, 0.1) is 6.61 Å². The highest BCUT2D eigenvalue weighted by Gasteiger charge is 2.20. The van der Waals surface area contributed by atoms with Crippen molar-refractivity contribution < 1.29 is 29.4 Å². The van der Waals surface area contributed by atoms with E-state index in [9.17, 15) is 14.4 Å². The van der Waals surface area contributed by atoms with E-state index in [1.54, 1.807) is 0 Å². The third kappa shape index (κ3) is 7.36. The van der Waals surface area contributed by atoms with Gasteiger partial charge in [-0.2, -0.15) is 5.48 Å². The lowest BCUT2D eigenvalue weighted by molar-refractivity contribution is -0.140. The maximum absolute atomic E-state index is 11.8. The van der Waals surface area contributed by atoms with E-state index in [4.69, 9.17) is 15.1 Å². The van der Waals surface area contributed by atoms with Crippen molar-refractivity contribution in [3.63, 3.8) is 0 Å².